The van der Waals surface area contributed by atoms with Crippen LogP contribution < -0.4 is 5.32 Å². The first-order valence-corrected chi connectivity index (χ1v) is 11.4. The molecule has 0 saturated heterocycles. The van der Waals surface area contributed by atoms with Gasteiger partial charge < -0.3 is 9.47 Å². The molecule has 24 heavy (non-hydrogen) atoms. The minimum Gasteiger partial charge on any atom is -0.465 e. The van der Waals surface area contributed by atoms with Gasteiger partial charge in [0.25, 0.3) is 0 Å². The predicted molar refractivity (Wildman–Crippen MR) is 96.6 cm³/mol. The fraction of sp³-hybridized carbons (Fsp3) is 0.500. The lowest BCUT2D eigenvalue weighted by atomic mass is 9.94. The molecule has 0 amide bonds. The maximum Gasteiger partial charge on any atom is 0.320 e. The molecule has 0 radical (unpaired) electrons. The van der Waals surface area contributed by atoms with Gasteiger partial charge in [-0.3, -0.25) is 14.6 Å². The Morgan fingerprint density at radius 2 is 1.79 bits per heavy atom. The van der Waals surface area contributed by atoms with Crippen LogP contribution in [0.25, 0.3) is 0 Å². The zero-order chi connectivity index (χ0) is 18.2. The third-order valence-electron chi connectivity index (χ3n) is 3.92. The van der Waals surface area contributed by atoms with E-state index < -0.39 is 25.9 Å². The number of carbonyl (C=O) groups is 2. The molecule has 0 N–H and O–H groups in total. The minimum atomic E-state index is -1.96. The molecule has 1 aromatic heterocycles. The van der Waals surface area contributed by atoms with Crippen LogP contribution in [0.3, 0.4) is 0 Å². The molecule has 1 aromatic rings. The Morgan fingerprint density at radius 1 is 1.21 bits per heavy atom. The van der Waals surface area contributed by atoms with E-state index in [-0.39, 0.29) is 19.1 Å². The van der Waals surface area contributed by atoms with Gasteiger partial charge in [0.05, 0.1) is 13.2 Å². The number of aromatic nitrogens is 1. The van der Waals surface area contributed by atoms with E-state index in [1.807, 2.05) is 18.2 Å². The lowest BCUT2D eigenvalue weighted by molar-refractivity contribution is -0.163. The van der Waals surface area contributed by atoms with Gasteiger partial charge in [0.1, 0.15) is 8.07 Å². The Balaban J connectivity index is 3.06. The van der Waals surface area contributed by atoms with Gasteiger partial charge in [-0.15, -0.1) is 6.58 Å². The van der Waals surface area contributed by atoms with Crippen molar-refractivity contribution < 1.29 is 19.1 Å². The monoisotopic (exact) mass is 349 g/mol. The molecule has 1 atom stereocenters. The van der Waals surface area contributed by atoms with E-state index in [4.69, 9.17) is 9.47 Å². The number of rotatable bonds is 9. The second-order valence-corrected chi connectivity index (χ2v) is 10.9. The molecule has 0 aromatic carbocycles. The summed E-state index contributed by atoms with van der Waals surface area (Å²) >= 11 is 0. The molecule has 0 fully saturated rings. The van der Waals surface area contributed by atoms with E-state index in [1.165, 1.54) is 0 Å². The van der Waals surface area contributed by atoms with Crippen LogP contribution in [0.1, 0.15) is 13.8 Å². The standard InChI is InChI=1S/C18H27NO4Si/c1-6-14(13-24(4,5)15-11-9-10-12-19-15)16(17(20)22-7-2)18(21)23-8-3/h6,9-12,14,16H,1,7-8,13H2,2-5H3. The first-order valence-electron chi connectivity index (χ1n) is 8.24. The van der Waals surface area contributed by atoms with E-state index in [9.17, 15) is 9.59 Å². The first-order chi connectivity index (χ1) is 11.4. The van der Waals surface area contributed by atoms with Crippen molar-refractivity contribution in [3.63, 3.8) is 0 Å². The SMILES string of the molecule is C=CC(C[Si](C)(C)c1ccccn1)C(C(=O)OCC)C(=O)OCC. The van der Waals surface area contributed by atoms with Crippen LogP contribution >= 0.6 is 0 Å². The molecule has 132 valence electrons. The van der Waals surface area contributed by atoms with Crippen LogP contribution in [0.4, 0.5) is 0 Å². The van der Waals surface area contributed by atoms with Gasteiger partial charge >= 0.3 is 11.9 Å². The highest BCUT2D eigenvalue weighted by atomic mass is 28.3. The Morgan fingerprint density at radius 3 is 2.21 bits per heavy atom. The van der Waals surface area contributed by atoms with Crippen molar-refractivity contribution in [1.82, 2.24) is 4.98 Å². The number of allylic oxidation sites excluding steroid dienone is 1. The van der Waals surface area contributed by atoms with Crippen LogP contribution in [0.2, 0.25) is 19.1 Å². The zero-order valence-corrected chi connectivity index (χ0v) is 16.0. The van der Waals surface area contributed by atoms with E-state index in [0.717, 1.165) is 5.32 Å². The van der Waals surface area contributed by atoms with Gasteiger partial charge in [-0.25, -0.2) is 0 Å². The highest BCUT2D eigenvalue weighted by Crippen LogP contribution is 2.27. The van der Waals surface area contributed by atoms with Crippen molar-refractivity contribution in [3.05, 3.63) is 37.1 Å². The molecule has 1 unspecified atom stereocenters. The smallest absolute Gasteiger partial charge is 0.320 e. The predicted octanol–water partition coefficient (Wildman–Crippen LogP) is 2.54. The molecule has 0 aliphatic rings. The lowest BCUT2D eigenvalue weighted by Crippen LogP contribution is -2.47. The summed E-state index contributed by atoms with van der Waals surface area (Å²) in [5, 5.41) is 1.03. The maximum absolute atomic E-state index is 12.3. The van der Waals surface area contributed by atoms with Gasteiger partial charge in [-0.05, 0) is 37.9 Å². The first kappa shape index (κ1) is 20.1. The highest BCUT2D eigenvalue weighted by Gasteiger charge is 2.40. The Kier molecular flexibility index (Phi) is 7.84. The van der Waals surface area contributed by atoms with Crippen molar-refractivity contribution in [2.75, 3.05) is 13.2 Å². The fourth-order valence-electron chi connectivity index (χ4n) is 2.70. The normalized spacial score (nSPS) is 12.5. The summed E-state index contributed by atoms with van der Waals surface area (Å²) in [5.41, 5.74) is 0. The average Bonchev–Trinajstić information content (AvgIpc) is 2.55. The second-order valence-electron chi connectivity index (χ2n) is 6.18. The number of pyridine rings is 1. The van der Waals surface area contributed by atoms with Crippen LogP contribution in [-0.4, -0.2) is 38.2 Å². The Bertz CT molecular complexity index is 541. The Labute approximate surface area is 145 Å². The van der Waals surface area contributed by atoms with Crippen LogP contribution in [0, 0.1) is 11.8 Å². The quantitative estimate of drug-likeness (QED) is 0.297. The van der Waals surface area contributed by atoms with E-state index >= 15 is 0 Å². The summed E-state index contributed by atoms with van der Waals surface area (Å²) in [5.74, 6) is -2.41. The second kappa shape index (κ2) is 9.37. The average molecular weight is 350 g/mol. The summed E-state index contributed by atoms with van der Waals surface area (Å²) in [6, 6.07) is 6.49. The largest absolute Gasteiger partial charge is 0.465 e. The number of hydrogen-bond donors (Lipinski definition) is 0. The van der Waals surface area contributed by atoms with Gasteiger partial charge in [-0.1, -0.05) is 25.2 Å². The van der Waals surface area contributed by atoms with Crippen LogP contribution in [0.15, 0.2) is 37.1 Å². The van der Waals surface area contributed by atoms with E-state index in [1.54, 1.807) is 26.1 Å². The summed E-state index contributed by atoms with van der Waals surface area (Å²) in [4.78, 5) is 29.1. The van der Waals surface area contributed by atoms with Crippen LogP contribution in [-0.2, 0) is 19.1 Å². The van der Waals surface area contributed by atoms with Crippen molar-refractivity contribution in [2.24, 2.45) is 11.8 Å². The summed E-state index contributed by atoms with van der Waals surface area (Å²) in [6.45, 7) is 12.0. The third kappa shape index (κ3) is 5.30. The van der Waals surface area contributed by atoms with E-state index in [2.05, 4.69) is 24.7 Å². The summed E-state index contributed by atoms with van der Waals surface area (Å²) in [7, 11) is -1.96. The molecule has 0 bridgehead atoms. The number of ether oxygens (including phenoxy) is 2. The molecule has 1 rings (SSSR count). The lowest BCUT2D eigenvalue weighted by Gasteiger charge is -2.29. The summed E-state index contributed by atoms with van der Waals surface area (Å²) < 4.78 is 10.2. The number of nitrogens with zero attached hydrogens (tertiary/aromatic N) is 1. The maximum atomic E-state index is 12.3. The van der Waals surface area contributed by atoms with Crippen molar-refractivity contribution in [2.45, 2.75) is 33.0 Å². The number of hydrogen-bond acceptors (Lipinski definition) is 5. The summed E-state index contributed by atoms with van der Waals surface area (Å²) in [6.07, 6.45) is 3.43. The Hall–Kier alpha value is -1.95. The van der Waals surface area contributed by atoms with Crippen molar-refractivity contribution in [3.8, 4) is 0 Å². The number of esters is 2. The van der Waals surface area contributed by atoms with Gasteiger partial charge in [0.15, 0.2) is 5.92 Å². The topological polar surface area (TPSA) is 65.5 Å². The molecule has 0 aliphatic carbocycles. The van der Waals surface area contributed by atoms with Gasteiger partial charge in [0.2, 0.25) is 0 Å². The molecule has 0 saturated carbocycles. The fourth-order valence-corrected chi connectivity index (χ4v) is 5.47. The van der Waals surface area contributed by atoms with Gasteiger partial charge in [0, 0.05) is 11.5 Å². The minimum absolute atomic E-state index is 0.222. The van der Waals surface area contributed by atoms with Crippen molar-refractivity contribution in [1.29, 1.82) is 0 Å². The van der Waals surface area contributed by atoms with Gasteiger partial charge in [-0.2, -0.15) is 0 Å². The van der Waals surface area contributed by atoms with Crippen molar-refractivity contribution >= 4 is 25.3 Å². The molecule has 0 aliphatic heterocycles. The van der Waals surface area contributed by atoms with Crippen LogP contribution in [0.5, 0.6) is 0 Å². The molecule has 5 nitrogen and oxygen atoms in total. The molecule has 0 spiro atoms. The highest BCUT2D eigenvalue weighted by molar-refractivity contribution is 6.89. The molecular weight excluding hydrogens is 322 g/mol. The molecule has 1 heterocycles. The molecule has 6 heteroatoms. The van der Waals surface area contributed by atoms with E-state index in [0.29, 0.717) is 6.04 Å². The zero-order valence-electron chi connectivity index (χ0n) is 15.0. The number of carbonyl (C=O) groups excluding carboxylic acids is 2. The molecular formula is C18H27NO4Si. The third-order valence-corrected chi connectivity index (χ3v) is 7.09.